The molecule has 3 amide bonds. The standard InChI is InChI=1S/C24H29N3O5/c1-15-6-5-13-27(15)24(32)21(29)20(28)23(31)26-14-16-9-11-17(12-10-16)18-7-3-4-8-19(18)22(30)25-2/h3-4,7-12,15,20-21,28-29H,5-6,13-14H2,1-2H3,(H,25,30)(H,26,31)/t15-,20+,21+/m0/s1. The van der Waals surface area contributed by atoms with Gasteiger partial charge in [-0.05, 0) is 42.5 Å². The number of carbonyl (C=O) groups excluding carboxylic acids is 3. The molecule has 8 nitrogen and oxygen atoms in total. The molecule has 0 saturated carbocycles. The van der Waals surface area contributed by atoms with Gasteiger partial charge in [0.05, 0.1) is 0 Å². The zero-order valence-corrected chi connectivity index (χ0v) is 18.2. The van der Waals surface area contributed by atoms with Crippen LogP contribution < -0.4 is 10.6 Å². The van der Waals surface area contributed by atoms with Gasteiger partial charge in [-0.15, -0.1) is 0 Å². The number of hydrogen-bond acceptors (Lipinski definition) is 5. The van der Waals surface area contributed by atoms with Crippen molar-refractivity contribution in [1.29, 1.82) is 0 Å². The Morgan fingerprint density at radius 3 is 2.38 bits per heavy atom. The molecule has 1 heterocycles. The molecule has 32 heavy (non-hydrogen) atoms. The Morgan fingerprint density at radius 2 is 1.75 bits per heavy atom. The Bertz CT molecular complexity index is 976. The molecule has 170 valence electrons. The maximum atomic E-state index is 12.4. The second kappa shape index (κ2) is 10.4. The van der Waals surface area contributed by atoms with E-state index in [2.05, 4.69) is 10.6 Å². The highest BCUT2D eigenvalue weighted by Crippen LogP contribution is 2.24. The molecule has 0 aromatic heterocycles. The molecule has 1 aliphatic heterocycles. The van der Waals surface area contributed by atoms with Crippen LogP contribution in [-0.2, 0) is 16.1 Å². The van der Waals surface area contributed by atoms with Crippen LogP contribution in [0.25, 0.3) is 11.1 Å². The molecule has 0 bridgehead atoms. The maximum Gasteiger partial charge on any atom is 0.254 e. The SMILES string of the molecule is CNC(=O)c1ccccc1-c1ccc(CNC(=O)[C@H](O)[C@@H](O)C(=O)N2CCC[C@@H]2C)cc1. The molecule has 1 saturated heterocycles. The fraction of sp³-hybridized carbons (Fsp3) is 0.375. The largest absolute Gasteiger partial charge is 0.380 e. The zero-order chi connectivity index (χ0) is 23.3. The van der Waals surface area contributed by atoms with E-state index in [0.29, 0.717) is 12.1 Å². The molecule has 0 unspecified atom stereocenters. The van der Waals surface area contributed by atoms with E-state index in [1.54, 1.807) is 31.3 Å². The van der Waals surface area contributed by atoms with Gasteiger partial charge in [-0.2, -0.15) is 0 Å². The fourth-order valence-corrected chi connectivity index (χ4v) is 3.87. The van der Waals surface area contributed by atoms with Gasteiger partial charge in [0.25, 0.3) is 17.7 Å². The molecule has 3 atom stereocenters. The summed E-state index contributed by atoms with van der Waals surface area (Å²) in [6.07, 6.45) is -1.95. The van der Waals surface area contributed by atoms with Crippen molar-refractivity contribution < 1.29 is 24.6 Å². The van der Waals surface area contributed by atoms with E-state index in [-0.39, 0.29) is 18.5 Å². The normalized spacial score (nSPS) is 17.5. The van der Waals surface area contributed by atoms with Gasteiger partial charge in [-0.3, -0.25) is 14.4 Å². The topological polar surface area (TPSA) is 119 Å². The van der Waals surface area contributed by atoms with Crippen LogP contribution >= 0.6 is 0 Å². The highest BCUT2D eigenvalue weighted by Gasteiger charge is 2.36. The van der Waals surface area contributed by atoms with Crippen molar-refractivity contribution in [2.24, 2.45) is 0 Å². The lowest BCUT2D eigenvalue weighted by Gasteiger charge is -2.26. The predicted octanol–water partition coefficient (Wildman–Crippen LogP) is 1.06. The lowest BCUT2D eigenvalue weighted by molar-refractivity contribution is -0.153. The average Bonchev–Trinajstić information content (AvgIpc) is 3.26. The molecule has 0 radical (unpaired) electrons. The molecule has 0 aliphatic carbocycles. The quantitative estimate of drug-likeness (QED) is 0.515. The van der Waals surface area contributed by atoms with Crippen molar-refractivity contribution >= 4 is 17.7 Å². The maximum absolute atomic E-state index is 12.4. The van der Waals surface area contributed by atoms with Gasteiger partial charge < -0.3 is 25.7 Å². The van der Waals surface area contributed by atoms with Crippen LogP contribution in [0.15, 0.2) is 48.5 Å². The number of likely N-dealkylation sites (tertiary alicyclic amines) is 1. The van der Waals surface area contributed by atoms with E-state index >= 15 is 0 Å². The van der Waals surface area contributed by atoms with Gasteiger partial charge in [0.1, 0.15) is 0 Å². The monoisotopic (exact) mass is 439 g/mol. The minimum Gasteiger partial charge on any atom is -0.380 e. The number of rotatable bonds is 7. The number of amides is 3. The molecular formula is C24H29N3O5. The first kappa shape index (κ1) is 23.4. The Hall–Kier alpha value is -3.23. The summed E-state index contributed by atoms with van der Waals surface area (Å²) >= 11 is 0. The molecule has 0 spiro atoms. The third-order valence-corrected chi connectivity index (χ3v) is 5.79. The van der Waals surface area contributed by atoms with E-state index in [1.165, 1.54) is 4.90 Å². The van der Waals surface area contributed by atoms with E-state index in [9.17, 15) is 24.6 Å². The number of carbonyl (C=O) groups is 3. The van der Waals surface area contributed by atoms with Crippen molar-refractivity contribution in [3.8, 4) is 11.1 Å². The van der Waals surface area contributed by atoms with Crippen molar-refractivity contribution in [3.05, 3.63) is 59.7 Å². The molecule has 8 heteroatoms. The minimum atomic E-state index is -1.84. The Kier molecular flexibility index (Phi) is 7.61. The Labute approximate surface area is 187 Å². The van der Waals surface area contributed by atoms with Crippen LogP contribution in [0.1, 0.15) is 35.7 Å². The number of nitrogens with one attached hydrogen (secondary N) is 2. The molecule has 2 aromatic rings. The summed E-state index contributed by atoms with van der Waals surface area (Å²) in [6.45, 7) is 2.51. The van der Waals surface area contributed by atoms with Crippen molar-refractivity contribution in [1.82, 2.24) is 15.5 Å². The van der Waals surface area contributed by atoms with Crippen LogP contribution in [-0.4, -0.2) is 64.7 Å². The Balaban J connectivity index is 1.60. The van der Waals surface area contributed by atoms with Gasteiger partial charge in [0.15, 0.2) is 12.2 Å². The third-order valence-electron chi connectivity index (χ3n) is 5.79. The molecule has 1 fully saturated rings. The number of aliphatic hydroxyl groups is 2. The van der Waals surface area contributed by atoms with Gasteiger partial charge in [0.2, 0.25) is 0 Å². The summed E-state index contributed by atoms with van der Waals surface area (Å²) < 4.78 is 0. The summed E-state index contributed by atoms with van der Waals surface area (Å²) in [5.41, 5.74) is 2.96. The van der Waals surface area contributed by atoms with E-state index in [1.807, 2.05) is 31.2 Å². The highest BCUT2D eigenvalue weighted by atomic mass is 16.3. The summed E-state index contributed by atoms with van der Waals surface area (Å²) in [6, 6.07) is 14.5. The lowest BCUT2D eigenvalue weighted by atomic mass is 9.98. The predicted molar refractivity (Wildman–Crippen MR) is 120 cm³/mol. The molecule has 4 N–H and O–H groups in total. The summed E-state index contributed by atoms with van der Waals surface area (Å²) in [7, 11) is 1.58. The van der Waals surface area contributed by atoms with Gasteiger partial charge in [0, 0.05) is 31.7 Å². The Morgan fingerprint density at radius 1 is 1.06 bits per heavy atom. The summed E-state index contributed by atoms with van der Waals surface area (Å²) in [4.78, 5) is 38.2. The van der Waals surface area contributed by atoms with Gasteiger partial charge >= 0.3 is 0 Å². The van der Waals surface area contributed by atoms with Crippen LogP contribution in [0.2, 0.25) is 0 Å². The first-order valence-corrected chi connectivity index (χ1v) is 10.7. The van der Waals surface area contributed by atoms with E-state index in [4.69, 9.17) is 0 Å². The first-order chi connectivity index (χ1) is 15.3. The van der Waals surface area contributed by atoms with Crippen molar-refractivity contribution in [3.63, 3.8) is 0 Å². The van der Waals surface area contributed by atoms with Crippen LogP contribution in [0, 0.1) is 0 Å². The smallest absolute Gasteiger partial charge is 0.254 e. The molecule has 2 aromatic carbocycles. The van der Waals surface area contributed by atoms with Gasteiger partial charge in [-0.1, -0.05) is 42.5 Å². The van der Waals surface area contributed by atoms with Crippen molar-refractivity contribution in [2.75, 3.05) is 13.6 Å². The van der Waals surface area contributed by atoms with Crippen LogP contribution in [0.3, 0.4) is 0 Å². The fourth-order valence-electron chi connectivity index (χ4n) is 3.87. The van der Waals surface area contributed by atoms with Gasteiger partial charge in [-0.25, -0.2) is 0 Å². The molecule has 3 rings (SSSR count). The second-order valence-electron chi connectivity index (χ2n) is 7.95. The second-order valence-corrected chi connectivity index (χ2v) is 7.95. The van der Waals surface area contributed by atoms with E-state index < -0.39 is 24.0 Å². The first-order valence-electron chi connectivity index (χ1n) is 10.7. The summed E-state index contributed by atoms with van der Waals surface area (Å²) in [5.74, 6) is -1.62. The highest BCUT2D eigenvalue weighted by molar-refractivity contribution is 6.00. The van der Waals surface area contributed by atoms with Crippen molar-refractivity contribution in [2.45, 2.75) is 44.6 Å². The van der Waals surface area contributed by atoms with E-state index in [0.717, 1.165) is 29.5 Å². The number of nitrogens with zero attached hydrogens (tertiary/aromatic N) is 1. The third kappa shape index (κ3) is 5.15. The van der Waals surface area contributed by atoms with Crippen LogP contribution in [0.5, 0.6) is 0 Å². The average molecular weight is 440 g/mol. The summed E-state index contributed by atoms with van der Waals surface area (Å²) in [5, 5.41) is 25.5. The number of benzene rings is 2. The number of aliphatic hydroxyl groups excluding tert-OH is 2. The minimum absolute atomic E-state index is 0.0144. The zero-order valence-electron chi connectivity index (χ0n) is 18.2. The molecular weight excluding hydrogens is 410 g/mol. The van der Waals surface area contributed by atoms with Crippen LogP contribution in [0.4, 0.5) is 0 Å². The molecule has 1 aliphatic rings. The lowest BCUT2D eigenvalue weighted by Crippen LogP contribution is -2.51. The number of hydrogen-bond donors (Lipinski definition) is 4.